The van der Waals surface area contributed by atoms with Gasteiger partial charge in [-0.05, 0) is 18.6 Å². The molecule has 1 aromatic heterocycles. The number of halogens is 2. The number of nitrogens with zero attached hydrogens (tertiary/aromatic N) is 2. The van der Waals surface area contributed by atoms with E-state index in [2.05, 4.69) is 22.1 Å². The quantitative estimate of drug-likeness (QED) is 0.942. The SMILES string of the molecule is CCCc1cc(N2CCNCC2)c2cc(F)cc(F)c2n1. The van der Waals surface area contributed by atoms with E-state index in [-0.39, 0.29) is 5.52 Å². The average molecular weight is 291 g/mol. The van der Waals surface area contributed by atoms with Crippen LogP contribution < -0.4 is 10.2 Å². The summed E-state index contributed by atoms with van der Waals surface area (Å²) in [7, 11) is 0. The normalized spacial score (nSPS) is 15.7. The number of pyridine rings is 1. The molecule has 1 aliphatic heterocycles. The lowest BCUT2D eigenvalue weighted by molar-refractivity contribution is 0.585. The van der Waals surface area contributed by atoms with E-state index < -0.39 is 11.6 Å². The molecular formula is C16H19F2N3. The van der Waals surface area contributed by atoms with E-state index in [9.17, 15) is 8.78 Å². The highest BCUT2D eigenvalue weighted by molar-refractivity contribution is 5.92. The maximum Gasteiger partial charge on any atom is 0.152 e. The molecule has 1 fully saturated rings. The average Bonchev–Trinajstić information content (AvgIpc) is 2.48. The van der Waals surface area contributed by atoms with Crippen LogP contribution in [0.5, 0.6) is 0 Å². The molecule has 1 aromatic carbocycles. The van der Waals surface area contributed by atoms with Gasteiger partial charge in [-0.15, -0.1) is 0 Å². The van der Waals surface area contributed by atoms with Crippen LogP contribution in [-0.2, 0) is 6.42 Å². The summed E-state index contributed by atoms with van der Waals surface area (Å²) < 4.78 is 27.7. The third-order valence-electron chi connectivity index (χ3n) is 3.83. The van der Waals surface area contributed by atoms with Crippen LogP contribution in [-0.4, -0.2) is 31.2 Å². The summed E-state index contributed by atoms with van der Waals surface area (Å²) in [6, 6.07) is 4.28. The highest BCUT2D eigenvalue weighted by Crippen LogP contribution is 2.30. The van der Waals surface area contributed by atoms with Crippen LogP contribution in [0.4, 0.5) is 14.5 Å². The van der Waals surface area contributed by atoms with Gasteiger partial charge in [-0.2, -0.15) is 0 Å². The largest absolute Gasteiger partial charge is 0.368 e. The molecule has 112 valence electrons. The molecule has 1 saturated heterocycles. The number of aromatic nitrogens is 1. The van der Waals surface area contributed by atoms with Crippen LogP contribution in [0.3, 0.4) is 0 Å². The van der Waals surface area contributed by atoms with Gasteiger partial charge in [-0.25, -0.2) is 13.8 Å². The van der Waals surface area contributed by atoms with E-state index in [1.807, 2.05) is 6.07 Å². The molecule has 0 aliphatic carbocycles. The fourth-order valence-electron chi connectivity index (χ4n) is 2.84. The van der Waals surface area contributed by atoms with Gasteiger partial charge in [0.1, 0.15) is 11.3 Å². The molecule has 0 saturated carbocycles. The summed E-state index contributed by atoms with van der Waals surface area (Å²) in [5.74, 6) is -1.14. The van der Waals surface area contributed by atoms with Crippen LogP contribution in [0.2, 0.25) is 0 Å². The molecule has 21 heavy (non-hydrogen) atoms. The third kappa shape index (κ3) is 2.83. The Morgan fingerprint density at radius 3 is 2.67 bits per heavy atom. The number of fused-ring (bicyclic) bond motifs is 1. The highest BCUT2D eigenvalue weighted by Gasteiger charge is 2.17. The first-order valence-corrected chi connectivity index (χ1v) is 7.43. The van der Waals surface area contributed by atoms with Crippen molar-refractivity contribution in [3.63, 3.8) is 0 Å². The van der Waals surface area contributed by atoms with Crippen molar-refractivity contribution in [3.05, 3.63) is 35.5 Å². The number of aryl methyl sites for hydroxylation is 1. The van der Waals surface area contributed by atoms with E-state index in [0.29, 0.717) is 5.39 Å². The molecule has 0 atom stereocenters. The number of hydrogen-bond acceptors (Lipinski definition) is 3. The first-order valence-electron chi connectivity index (χ1n) is 7.43. The molecule has 2 heterocycles. The summed E-state index contributed by atoms with van der Waals surface area (Å²) >= 11 is 0. The molecule has 5 heteroatoms. The predicted octanol–water partition coefficient (Wildman–Crippen LogP) is 2.88. The van der Waals surface area contributed by atoms with Crippen LogP contribution in [0.15, 0.2) is 18.2 Å². The minimum Gasteiger partial charge on any atom is -0.368 e. The van der Waals surface area contributed by atoms with E-state index >= 15 is 0 Å². The summed E-state index contributed by atoms with van der Waals surface area (Å²) in [4.78, 5) is 6.56. The van der Waals surface area contributed by atoms with E-state index in [1.54, 1.807) is 0 Å². The molecule has 0 bridgehead atoms. The van der Waals surface area contributed by atoms with Crippen molar-refractivity contribution in [2.45, 2.75) is 19.8 Å². The van der Waals surface area contributed by atoms with E-state index in [1.165, 1.54) is 6.07 Å². The second kappa shape index (κ2) is 5.93. The lowest BCUT2D eigenvalue weighted by atomic mass is 10.1. The molecule has 0 unspecified atom stereocenters. The van der Waals surface area contributed by atoms with Crippen LogP contribution in [0.1, 0.15) is 19.0 Å². The summed E-state index contributed by atoms with van der Waals surface area (Å²) in [5, 5.41) is 3.85. The van der Waals surface area contributed by atoms with Crippen molar-refractivity contribution in [1.29, 1.82) is 0 Å². The smallest absolute Gasteiger partial charge is 0.152 e. The highest BCUT2D eigenvalue weighted by atomic mass is 19.1. The van der Waals surface area contributed by atoms with Gasteiger partial charge >= 0.3 is 0 Å². The number of anilines is 1. The molecule has 3 rings (SSSR count). The van der Waals surface area contributed by atoms with Crippen molar-refractivity contribution in [2.75, 3.05) is 31.1 Å². The number of piperazine rings is 1. The van der Waals surface area contributed by atoms with E-state index in [4.69, 9.17) is 0 Å². The Hall–Kier alpha value is -1.75. The second-order valence-corrected chi connectivity index (χ2v) is 5.40. The first-order chi connectivity index (χ1) is 10.2. The standard InChI is InChI=1S/C16H19F2N3/c1-2-3-12-10-15(21-6-4-19-5-7-21)13-8-11(17)9-14(18)16(13)20-12/h8-10,19H,2-7H2,1H3. The maximum absolute atomic E-state index is 14.1. The Kier molecular flexibility index (Phi) is 4.01. The lowest BCUT2D eigenvalue weighted by Crippen LogP contribution is -2.43. The Labute approximate surface area is 123 Å². The molecule has 0 spiro atoms. The van der Waals surface area contributed by atoms with Crippen molar-refractivity contribution in [3.8, 4) is 0 Å². The first kappa shape index (κ1) is 14.2. The van der Waals surface area contributed by atoms with E-state index in [0.717, 1.165) is 56.5 Å². The molecule has 0 amide bonds. The summed E-state index contributed by atoms with van der Waals surface area (Å²) in [5.41, 5.74) is 2.03. The van der Waals surface area contributed by atoms with Crippen molar-refractivity contribution in [1.82, 2.24) is 10.3 Å². The molecule has 0 radical (unpaired) electrons. The van der Waals surface area contributed by atoms with Crippen LogP contribution in [0, 0.1) is 11.6 Å². The van der Waals surface area contributed by atoms with Gasteiger partial charge in [0.25, 0.3) is 0 Å². The number of benzene rings is 1. The second-order valence-electron chi connectivity index (χ2n) is 5.40. The molecular weight excluding hydrogens is 272 g/mol. The van der Waals surface area contributed by atoms with Crippen LogP contribution in [0.25, 0.3) is 10.9 Å². The van der Waals surface area contributed by atoms with Gasteiger partial charge in [-0.3, -0.25) is 0 Å². The van der Waals surface area contributed by atoms with Gasteiger partial charge in [0.05, 0.1) is 0 Å². The fourth-order valence-corrected chi connectivity index (χ4v) is 2.84. The molecule has 1 N–H and O–H groups in total. The van der Waals surface area contributed by atoms with Crippen molar-refractivity contribution in [2.24, 2.45) is 0 Å². The molecule has 3 nitrogen and oxygen atoms in total. The minimum atomic E-state index is -0.584. The van der Waals surface area contributed by atoms with Gasteiger partial charge in [-0.1, -0.05) is 13.3 Å². The van der Waals surface area contributed by atoms with Crippen LogP contribution >= 0.6 is 0 Å². The maximum atomic E-state index is 14.1. The summed E-state index contributed by atoms with van der Waals surface area (Å²) in [6.45, 7) is 5.50. The number of nitrogens with one attached hydrogen (secondary N) is 1. The van der Waals surface area contributed by atoms with Gasteiger partial charge in [0, 0.05) is 49.0 Å². The Bertz CT molecular complexity index is 652. The lowest BCUT2D eigenvalue weighted by Gasteiger charge is -2.30. The minimum absolute atomic E-state index is 0.274. The van der Waals surface area contributed by atoms with Gasteiger partial charge < -0.3 is 10.2 Å². The van der Waals surface area contributed by atoms with Gasteiger partial charge in [0.2, 0.25) is 0 Å². The third-order valence-corrected chi connectivity index (χ3v) is 3.83. The monoisotopic (exact) mass is 291 g/mol. The van der Waals surface area contributed by atoms with Gasteiger partial charge in [0.15, 0.2) is 5.82 Å². The topological polar surface area (TPSA) is 28.2 Å². The zero-order valence-corrected chi connectivity index (χ0v) is 12.1. The fraction of sp³-hybridized carbons (Fsp3) is 0.438. The number of hydrogen-bond donors (Lipinski definition) is 1. The predicted molar refractivity (Wildman–Crippen MR) is 80.7 cm³/mol. The Balaban J connectivity index is 2.18. The zero-order valence-electron chi connectivity index (χ0n) is 12.1. The Morgan fingerprint density at radius 1 is 1.19 bits per heavy atom. The summed E-state index contributed by atoms with van der Waals surface area (Å²) in [6.07, 6.45) is 1.74. The van der Waals surface area contributed by atoms with Crippen molar-refractivity contribution < 1.29 is 8.78 Å². The zero-order chi connectivity index (χ0) is 14.8. The Morgan fingerprint density at radius 2 is 1.95 bits per heavy atom. The molecule has 2 aromatic rings. The number of rotatable bonds is 3. The van der Waals surface area contributed by atoms with Crippen molar-refractivity contribution >= 4 is 16.6 Å². The molecule has 1 aliphatic rings.